The average Bonchev–Trinajstić information content (AvgIpc) is 3.34. The fourth-order valence-electron chi connectivity index (χ4n) is 4.43. The highest BCUT2D eigenvalue weighted by atomic mass is 16.5. The van der Waals surface area contributed by atoms with Crippen molar-refractivity contribution in [1.29, 1.82) is 0 Å². The van der Waals surface area contributed by atoms with Gasteiger partial charge in [0.05, 0.1) is 5.92 Å². The van der Waals surface area contributed by atoms with Gasteiger partial charge in [0, 0.05) is 42.1 Å². The molecule has 0 bridgehead atoms. The molecule has 29 heavy (non-hydrogen) atoms. The normalized spacial score (nSPS) is 20.0. The van der Waals surface area contributed by atoms with Crippen LogP contribution in [-0.2, 0) is 27.4 Å². The van der Waals surface area contributed by atoms with Gasteiger partial charge in [-0.1, -0.05) is 19.8 Å². The molecule has 1 saturated carbocycles. The summed E-state index contributed by atoms with van der Waals surface area (Å²) in [5.74, 6) is -0.805. The van der Waals surface area contributed by atoms with Crippen LogP contribution in [0.3, 0.4) is 0 Å². The number of nitrogens with zero attached hydrogens (tertiary/aromatic N) is 1. The first kappa shape index (κ1) is 19.5. The summed E-state index contributed by atoms with van der Waals surface area (Å²) in [5, 5.41) is 10.6. The molecule has 0 spiro atoms. The van der Waals surface area contributed by atoms with E-state index in [9.17, 15) is 19.5 Å². The van der Waals surface area contributed by atoms with Crippen LogP contribution in [0.5, 0.6) is 5.75 Å². The van der Waals surface area contributed by atoms with E-state index in [1.54, 1.807) is 6.07 Å². The first-order valence-electron chi connectivity index (χ1n) is 10.2. The zero-order valence-electron chi connectivity index (χ0n) is 16.5. The van der Waals surface area contributed by atoms with Gasteiger partial charge in [-0.05, 0) is 30.9 Å². The number of hydrogen-bond acceptors (Lipinski definition) is 6. The summed E-state index contributed by atoms with van der Waals surface area (Å²) in [7, 11) is 0. The molecule has 7 heteroatoms. The second-order valence-electron chi connectivity index (χ2n) is 7.91. The van der Waals surface area contributed by atoms with Crippen molar-refractivity contribution in [2.24, 2.45) is 5.92 Å². The van der Waals surface area contributed by atoms with E-state index in [0.717, 1.165) is 25.7 Å². The van der Waals surface area contributed by atoms with Gasteiger partial charge in [-0.15, -0.1) is 0 Å². The largest absolute Gasteiger partial charge is 0.508 e. The van der Waals surface area contributed by atoms with E-state index in [1.165, 1.54) is 12.1 Å². The van der Waals surface area contributed by atoms with E-state index in [2.05, 4.69) is 0 Å². The van der Waals surface area contributed by atoms with Crippen LogP contribution in [0, 0.1) is 5.92 Å². The second-order valence-corrected chi connectivity index (χ2v) is 7.91. The number of carbonyl (C=O) groups excluding carboxylic acids is 2. The van der Waals surface area contributed by atoms with E-state index in [1.807, 2.05) is 11.8 Å². The Balaban J connectivity index is 1.48. The first-order valence-corrected chi connectivity index (χ1v) is 10.2. The zero-order chi connectivity index (χ0) is 20.5. The van der Waals surface area contributed by atoms with Gasteiger partial charge in [-0.25, -0.2) is 4.79 Å². The van der Waals surface area contributed by atoms with Crippen molar-refractivity contribution in [2.75, 3.05) is 6.54 Å². The van der Waals surface area contributed by atoms with Gasteiger partial charge in [0.15, 0.2) is 0 Å². The van der Waals surface area contributed by atoms with Crippen LogP contribution in [0.4, 0.5) is 0 Å². The van der Waals surface area contributed by atoms with E-state index in [0.29, 0.717) is 29.5 Å². The van der Waals surface area contributed by atoms with E-state index >= 15 is 0 Å². The Morgan fingerprint density at radius 1 is 1.21 bits per heavy atom. The van der Waals surface area contributed by atoms with Crippen molar-refractivity contribution >= 4 is 22.8 Å². The monoisotopic (exact) mass is 399 g/mol. The van der Waals surface area contributed by atoms with Gasteiger partial charge in [0.1, 0.15) is 17.9 Å². The molecule has 1 atom stereocenters. The van der Waals surface area contributed by atoms with Gasteiger partial charge >= 0.3 is 11.6 Å². The summed E-state index contributed by atoms with van der Waals surface area (Å²) in [6.45, 7) is 2.24. The van der Waals surface area contributed by atoms with Crippen LogP contribution in [0.25, 0.3) is 11.0 Å². The maximum Gasteiger partial charge on any atom is 0.336 e. The number of rotatable bonds is 5. The first-order chi connectivity index (χ1) is 14.0. The molecule has 1 aliphatic heterocycles. The highest BCUT2D eigenvalue weighted by molar-refractivity contribution is 5.87. The number of ether oxygens (including phenoxy) is 1. The van der Waals surface area contributed by atoms with E-state index < -0.39 is 17.5 Å². The molecule has 1 aromatic heterocycles. The van der Waals surface area contributed by atoms with Crippen molar-refractivity contribution < 1.29 is 23.8 Å². The zero-order valence-corrected chi connectivity index (χ0v) is 16.5. The lowest BCUT2D eigenvalue weighted by Crippen LogP contribution is -2.35. The van der Waals surface area contributed by atoms with Crippen LogP contribution in [0.15, 0.2) is 27.4 Å². The standard InChI is InChI=1S/C22H25NO6/c1-2-13-7-17-15(9-21(26)29-19(17)10-18(13)24)12-28-22(27)14-8-20(25)23(11-14)16-5-3-4-6-16/h7,9-10,14,16,24H,2-6,8,11-12H2,1H3/t14-/m1/s1. The highest BCUT2D eigenvalue weighted by Crippen LogP contribution is 2.31. The average molecular weight is 399 g/mol. The molecule has 7 nitrogen and oxygen atoms in total. The minimum atomic E-state index is -0.573. The molecule has 154 valence electrons. The molecule has 1 aromatic carbocycles. The van der Waals surface area contributed by atoms with Gasteiger partial charge in [-0.3, -0.25) is 9.59 Å². The van der Waals surface area contributed by atoms with Crippen LogP contribution >= 0.6 is 0 Å². The van der Waals surface area contributed by atoms with Gasteiger partial charge in [-0.2, -0.15) is 0 Å². The number of aryl methyl sites for hydroxylation is 1. The molecule has 2 aliphatic rings. The fourth-order valence-corrected chi connectivity index (χ4v) is 4.43. The molecular weight excluding hydrogens is 374 g/mol. The molecule has 2 aromatic rings. The van der Waals surface area contributed by atoms with Crippen LogP contribution in [-0.4, -0.2) is 34.5 Å². The molecule has 2 heterocycles. The molecule has 0 radical (unpaired) electrons. The molecule has 4 rings (SSSR count). The van der Waals surface area contributed by atoms with E-state index in [4.69, 9.17) is 9.15 Å². The Labute approximate surface area is 168 Å². The second kappa shape index (κ2) is 7.89. The molecule has 1 saturated heterocycles. The van der Waals surface area contributed by atoms with Crippen LogP contribution in [0.1, 0.15) is 50.2 Å². The molecule has 1 amide bonds. The highest BCUT2D eigenvalue weighted by Gasteiger charge is 2.39. The van der Waals surface area contributed by atoms with Gasteiger partial charge in [0.25, 0.3) is 0 Å². The number of phenolic OH excluding ortho intramolecular Hbond substituents is 1. The number of hydrogen-bond donors (Lipinski definition) is 1. The van der Waals surface area contributed by atoms with Crippen molar-refractivity contribution in [3.8, 4) is 5.75 Å². The lowest BCUT2D eigenvalue weighted by molar-refractivity contribution is -0.149. The Morgan fingerprint density at radius 2 is 1.97 bits per heavy atom. The van der Waals surface area contributed by atoms with Crippen molar-refractivity contribution in [3.63, 3.8) is 0 Å². The van der Waals surface area contributed by atoms with Crippen molar-refractivity contribution in [2.45, 2.75) is 58.1 Å². The molecule has 1 N–H and O–H groups in total. The van der Waals surface area contributed by atoms with E-state index in [-0.39, 0.29) is 36.3 Å². The van der Waals surface area contributed by atoms with Crippen LogP contribution in [0.2, 0.25) is 0 Å². The summed E-state index contributed by atoms with van der Waals surface area (Å²) in [6.07, 6.45) is 5.06. The maximum absolute atomic E-state index is 12.6. The van der Waals surface area contributed by atoms with Gasteiger partial charge in [0.2, 0.25) is 5.91 Å². The third kappa shape index (κ3) is 3.86. The van der Waals surface area contributed by atoms with Crippen molar-refractivity contribution in [1.82, 2.24) is 4.90 Å². The molecule has 1 aliphatic carbocycles. The Hall–Kier alpha value is -2.83. The molecular formula is C22H25NO6. The number of benzene rings is 1. The number of amides is 1. The Bertz CT molecular complexity index is 1000. The molecule has 0 unspecified atom stereocenters. The third-order valence-electron chi connectivity index (χ3n) is 6.04. The summed E-state index contributed by atoms with van der Waals surface area (Å²) in [4.78, 5) is 38.6. The predicted octanol–water partition coefficient (Wildman–Crippen LogP) is 2.90. The van der Waals surface area contributed by atoms with Crippen LogP contribution < -0.4 is 5.63 Å². The SMILES string of the molecule is CCc1cc2c(COC(=O)[C@@H]3CC(=O)N(C4CCCC4)C3)cc(=O)oc2cc1O. The summed E-state index contributed by atoms with van der Waals surface area (Å²) in [6, 6.07) is 4.72. The van der Waals surface area contributed by atoms with Crippen molar-refractivity contribution in [3.05, 3.63) is 39.7 Å². The molecule has 2 fully saturated rings. The predicted molar refractivity (Wildman–Crippen MR) is 105 cm³/mol. The summed E-state index contributed by atoms with van der Waals surface area (Å²) in [5.41, 5.74) is 0.918. The third-order valence-corrected chi connectivity index (χ3v) is 6.04. The summed E-state index contributed by atoms with van der Waals surface area (Å²) >= 11 is 0. The Morgan fingerprint density at radius 3 is 2.69 bits per heavy atom. The van der Waals surface area contributed by atoms with Gasteiger partial charge < -0.3 is 19.2 Å². The number of likely N-dealkylation sites (tertiary alicyclic amines) is 1. The number of aromatic hydroxyl groups is 1. The smallest absolute Gasteiger partial charge is 0.336 e. The number of carbonyl (C=O) groups is 2. The minimum Gasteiger partial charge on any atom is -0.508 e. The lowest BCUT2D eigenvalue weighted by Gasteiger charge is -2.23. The fraction of sp³-hybridized carbons (Fsp3) is 0.500. The number of esters is 1. The topological polar surface area (TPSA) is 97.1 Å². The quantitative estimate of drug-likeness (QED) is 0.613. The lowest BCUT2D eigenvalue weighted by atomic mass is 10.0. The number of phenols is 1. The minimum absolute atomic E-state index is 0.0210. The summed E-state index contributed by atoms with van der Waals surface area (Å²) < 4.78 is 10.6. The number of fused-ring (bicyclic) bond motifs is 1. The Kier molecular flexibility index (Phi) is 5.30. The maximum atomic E-state index is 12.6.